The third kappa shape index (κ3) is 3.12. The van der Waals surface area contributed by atoms with Crippen molar-refractivity contribution >= 4 is 33.4 Å². The van der Waals surface area contributed by atoms with E-state index in [0.29, 0.717) is 17.9 Å². The second kappa shape index (κ2) is 6.11. The fourth-order valence-electron chi connectivity index (χ4n) is 1.31. The molecule has 0 saturated heterocycles. The van der Waals surface area contributed by atoms with E-state index >= 15 is 0 Å². The van der Waals surface area contributed by atoms with Gasteiger partial charge in [-0.15, -0.1) is 11.6 Å². The molecule has 1 amide bonds. The molecule has 1 aromatic rings. The first-order valence-electron chi connectivity index (χ1n) is 4.85. The first-order valence-corrected chi connectivity index (χ1v) is 6.08. The van der Waals surface area contributed by atoms with E-state index in [4.69, 9.17) is 16.3 Å². The Bertz CT molecular complexity index is 384. The van der Waals surface area contributed by atoms with Crippen molar-refractivity contribution in [2.45, 2.75) is 12.3 Å². The van der Waals surface area contributed by atoms with E-state index in [9.17, 15) is 4.79 Å². The van der Waals surface area contributed by atoms with Crippen molar-refractivity contribution in [2.24, 2.45) is 0 Å². The molecule has 1 N–H and O–H groups in total. The zero-order valence-corrected chi connectivity index (χ0v) is 11.4. The van der Waals surface area contributed by atoms with Crippen molar-refractivity contribution in [2.75, 3.05) is 13.7 Å². The van der Waals surface area contributed by atoms with Gasteiger partial charge in [-0.1, -0.05) is 15.9 Å². The molecule has 0 aliphatic rings. The van der Waals surface area contributed by atoms with Crippen LogP contribution in [0.15, 0.2) is 22.7 Å². The molecule has 0 spiro atoms. The van der Waals surface area contributed by atoms with Crippen LogP contribution in [-0.2, 0) is 4.79 Å². The summed E-state index contributed by atoms with van der Waals surface area (Å²) in [6.45, 7) is 2.40. The first-order chi connectivity index (χ1) is 7.60. The summed E-state index contributed by atoms with van der Waals surface area (Å²) < 4.78 is 6.02. The van der Waals surface area contributed by atoms with Crippen LogP contribution in [0.1, 0.15) is 17.9 Å². The van der Waals surface area contributed by atoms with E-state index in [1.165, 1.54) is 0 Å². The van der Waals surface area contributed by atoms with Crippen molar-refractivity contribution in [3.63, 3.8) is 0 Å². The maximum Gasteiger partial charge on any atom is 0.242 e. The van der Waals surface area contributed by atoms with Gasteiger partial charge in [0.1, 0.15) is 11.1 Å². The second-order valence-electron chi connectivity index (χ2n) is 3.14. The van der Waals surface area contributed by atoms with Gasteiger partial charge in [-0.05, 0) is 25.1 Å². The molecule has 0 saturated carbocycles. The van der Waals surface area contributed by atoms with E-state index < -0.39 is 5.38 Å². The average molecular weight is 307 g/mol. The van der Waals surface area contributed by atoms with Gasteiger partial charge in [-0.3, -0.25) is 4.79 Å². The molecule has 0 aromatic heterocycles. The summed E-state index contributed by atoms with van der Waals surface area (Å²) >= 11 is 9.41. The molecular formula is C11H13BrClNO2. The number of hydrogen-bond donors (Lipinski definition) is 1. The number of nitrogens with one attached hydrogen (secondary N) is 1. The summed E-state index contributed by atoms with van der Waals surface area (Å²) in [6, 6.07) is 5.39. The van der Waals surface area contributed by atoms with Crippen LogP contribution in [0.4, 0.5) is 0 Å². The Morgan fingerprint density at radius 1 is 1.62 bits per heavy atom. The largest absolute Gasteiger partial charge is 0.496 e. The Morgan fingerprint density at radius 2 is 2.31 bits per heavy atom. The molecule has 3 nitrogen and oxygen atoms in total. The lowest BCUT2D eigenvalue weighted by molar-refractivity contribution is -0.120. The summed E-state index contributed by atoms with van der Waals surface area (Å²) in [4.78, 5) is 11.6. The molecular weight excluding hydrogens is 293 g/mol. The van der Waals surface area contributed by atoms with Crippen molar-refractivity contribution in [1.82, 2.24) is 5.32 Å². The molecule has 5 heteroatoms. The zero-order chi connectivity index (χ0) is 12.1. The lowest BCUT2D eigenvalue weighted by Crippen LogP contribution is -2.26. The van der Waals surface area contributed by atoms with Gasteiger partial charge in [0.2, 0.25) is 5.91 Å². The van der Waals surface area contributed by atoms with Gasteiger partial charge in [0.05, 0.1) is 7.11 Å². The normalized spacial score (nSPS) is 12.0. The molecule has 1 unspecified atom stereocenters. The van der Waals surface area contributed by atoms with E-state index in [-0.39, 0.29) is 5.91 Å². The Balaban J connectivity index is 3.01. The predicted octanol–water partition coefficient (Wildman–Crippen LogP) is 2.87. The van der Waals surface area contributed by atoms with Gasteiger partial charge in [0, 0.05) is 16.6 Å². The standard InChI is InChI=1S/C11H13BrClNO2/c1-3-14-11(15)10(13)8-6-7(12)4-5-9(8)16-2/h4-6,10H,3H2,1-2H3,(H,14,15). The van der Waals surface area contributed by atoms with E-state index in [0.717, 1.165) is 4.47 Å². The third-order valence-corrected chi connectivity index (χ3v) is 2.97. The van der Waals surface area contributed by atoms with E-state index in [2.05, 4.69) is 21.2 Å². The smallest absolute Gasteiger partial charge is 0.242 e. The number of ether oxygens (including phenoxy) is 1. The first kappa shape index (κ1) is 13.3. The number of rotatable bonds is 4. The van der Waals surface area contributed by atoms with Crippen LogP contribution in [-0.4, -0.2) is 19.6 Å². The molecule has 1 aromatic carbocycles. The van der Waals surface area contributed by atoms with Crippen LogP contribution in [0.5, 0.6) is 5.75 Å². The molecule has 1 rings (SSSR count). The fraction of sp³-hybridized carbons (Fsp3) is 0.364. The van der Waals surface area contributed by atoms with Crippen molar-refractivity contribution in [3.8, 4) is 5.75 Å². The highest BCUT2D eigenvalue weighted by molar-refractivity contribution is 9.10. The van der Waals surface area contributed by atoms with Crippen LogP contribution in [0.3, 0.4) is 0 Å². The average Bonchev–Trinajstić information content (AvgIpc) is 2.28. The van der Waals surface area contributed by atoms with E-state index in [1.54, 1.807) is 19.2 Å². The van der Waals surface area contributed by atoms with Crippen molar-refractivity contribution in [3.05, 3.63) is 28.2 Å². The van der Waals surface area contributed by atoms with Crippen LogP contribution >= 0.6 is 27.5 Å². The lowest BCUT2D eigenvalue weighted by Gasteiger charge is -2.13. The monoisotopic (exact) mass is 305 g/mol. The van der Waals surface area contributed by atoms with E-state index in [1.807, 2.05) is 13.0 Å². The highest BCUT2D eigenvalue weighted by Gasteiger charge is 2.20. The summed E-state index contributed by atoms with van der Waals surface area (Å²) in [6.07, 6.45) is 0. The number of carbonyl (C=O) groups excluding carboxylic acids is 1. The van der Waals surface area contributed by atoms with Gasteiger partial charge in [0.25, 0.3) is 0 Å². The minimum absolute atomic E-state index is 0.222. The van der Waals surface area contributed by atoms with Crippen LogP contribution in [0.25, 0.3) is 0 Å². The van der Waals surface area contributed by atoms with Crippen LogP contribution in [0, 0.1) is 0 Å². The minimum Gasteiger partial charge on any atom is -0.496 e. The van der Waals surface area contributed by atoms with Gasteiger partial charge in [0.15, 0.2) is 0 Å². The molecule has 0 bridgehead atoms. The lowest BCUT2D eigenvalue weighted by atomic mass is 10.1. The molecule has 0 aliphatic heterocycles. The maximum absolute atomic E-state index is 11.6. The number of halogens is 2. The number of likely N-dealkylation sites (N-methyl/N-ethyl adjacent to an activating group) is 1. The molecule has 1 atom stereocenters. The minimum atomic E-state index is -0.743. The molecule has 0 fully saturated rings. The Labute approximate surface area is 108 Å². The Hall–Kier alpha value is -0.740. The second-order valence-corrected chi connectivity index (χ2v) is 4.50. The SMILES string of the molecule is CCNC(=O)C(Cl)c1cc(Br)ccc1OC. The molecule has 0 heterocycles. The molecule has 16 heavy (non-hydrogen) atoms. The molecule has 0 radical (unpaired) electrons. The van der Waals surface area contributed by atoms with Gasteiger partial charge in [-0.25, -0.2) is 0 Å². The number of hydrogen-bond acceptors (Lipinski definition) is 2. The van der Waals surface area contributed by atoms with Crippen molar-refractivity contribution in [1.29, 1.82) is 0 Å². The predicted molar refractivity (Wildman–Crippen MR) is 68.0 cm³/mol. The number of benzene rings is 1. The number of methoxy groups -OCH3 is 1. The Morgan fingerprint density at radius 3 is 2.88 bits per heavy atom. The quantitative estimate of drug-likeness (QED) is 0.869. The highest BCUT2D eigenvalue weighted by Crippen LogP contribution is 2.32. The number of alkyl halides is 1. The molecule has 88 valence electrons. The maximum atomic E-state index is 11.6. The van der Waals surface area contributed by atoms with Crippen LogP contribution in [0.2, 0.25) is 0 Å². The topological polar surface area (TPSA) is 38.3 Å². The number of amides is 1. The number of carbonyl (C=O) groups is 1. The van der Waals surface area contributed by atoms with Gasteiger partial charge in [-0.2, -0.15) is 0 Å². The fourth-order valence-corrected chi connectivity index (χ4v) is 1.93. The van der Waals surface area contributed by atoms with Gasteiger partial charge < -0.3 is 10.1 Å². The van der Waals surface area contributed by atoms with Crippen LogP contribution < -0.4 is 10.1 Å². The van der Waals surface area contributed by atoms with Gasteiger partial charge >= 0.3 is 0 Å². The summed E-state index contributed by atoms with van der Waals surface area (Å²) in [5, 5.41) is 1.93. The Kier molecular flexibility index (Phi) is 5.09. The summed E-state index contributed by atoms with van der Waals surface area (Å²) in [7, 11) is 1.55. The molecule has 0 aliphatic carbocycles. The zero-order valence-electron chi connectivity index (χ0n) is 9.09. The third-order valence-electron chi connectivity index (χ3n) is 2.05. The summed E-state index contributed by atoms with van der Waals surface area (Å²) in [5.41, 5.74) is 0.657. The highest BCUT2D eigenvalue weighted by atomic mass is 79.9. The summed E-state index contributed by atoms with van der Waals surface area (Å²) in [5.74, 6) is 0.384. The van der Waals surface area contributed by atoms with Crippen molar-refractivity contribution < 1.29 is 9.53 Å².